The van der Waals surface area contributed by atoms with Gasteiger partial charge in [-0.3, -0.25) is 5.21 Å². The molecule has 4 heteroatoms. The van der Waals surface area contributed by atoms with E-state index >= 15 is 0 Å². The first-order valence-corrected chi connectivity index (χ1v) is 4.90. The Labute approximate surface area is 93.1 Å². The molecule has 0 aliphatic heterocycles. The number of benzene rings is 2. The minimum atomic E-state index is -0.559. The molecule has 0 saturated carbocycles. The summed E-state index contributed by atoms with van der Waals surface area (Å²) in [7, 11) is 1.28. The average molecular weight is 216 g/mol. The third kappa shape index (κ3) is 1.97. The van der Waals surface area contributed by atoms with Gasteiger partial charge in [-0.25, -0.2) is 9.86 Å². The van der Waals surface area contributed by atoms with Gasteiger partial charge in [0.2, 0.25) is 0 Å². The number of hydroxylamine groups is 2. The van der Waals surface area contributed by atoms with Crippen molar-refractivity contribution in [2.45, 2.75) is 0 Å². The van der Waals surface area contributed by atoms with Gasteiger partial charge in [-0.05, 0) is 11.5 Å². The van der Waals surface area contributed by atoms with Crippen LogP contribution in [0.25, 0.3) is 10.8 Å². The molecule has 0 saturated heterocycles. The highest BCUT2D eigenvalue weighted by Gasteiger charge is 2.07. The zero-order valence-electron chi connectivity index (χ0n) is 8.84. The lowest BCUT2D eigenvalue weighted by Gasteiger charge is -2.12. The van der Waals surface area contributed by atoms with E-state index in [1.165, 1.54) is 7.05 Å². The molecule has 2 amide bonds. The summed E-state index contributed by atoms with van der Waals surface area (Å²) >= 11 is 0. The summed E-state index contributed by atoms with van der Waals surface area (Å²) in [5.41, 5.74) is 0.684. The highest BCUT2D eigenvalue weighted by Crippen LogP contribution is 2.22. The number of nitrogens with one attached hydrogen (secondary N) is 1. The zero-order valence-corrected chi connectivity index (χ0v) is 8.84. The van der Waals surface area contributed by atoms with Gasteiger partial charge in [0.1, 0.15) is 0 Å². The van der Waals surface area contributed by atoms with E-state index in [0.29, 0.717) is 10.8 Å². The molecule has 0 atom stereocenters. The molecule has 0 bridgehead atoms. The number of carbonyl (C=O) groups excluding carboxylic acids is 1. The topological polar surface area (TPSA) is 52.6 Å². The van der Waals surface area contributed by atoms with Crippen LogP contribution in [0.5, 0.6) is 0 Å². The molecule has 0 aliphatic carbocycles. The highest BCUT2D eigenvalue weighted by molar-refractivity contribution is 6.01. The summed E-state index contributed by atoms with van der Waals surface area (Å²) in [5.74, 6) is 0. The molecular weight excluding hydrogens is 204 g/mol. The van der Waals surface area contributed by atoms with Crippen LogP contribution in [0.3, 0.4) is 0 Å². The molecule has 82 valence electrons. The van der Waals surface area contributed by atoms with Gasteiger partial charge in [0, 0.05) is 12.4 Å². The Morgan fingerprint density at radius 1 is 1.19 bits per heavy atom. The van der Waals surface area contributed by atoms with Crippen molar-refractivity contribution >= 4 is 22.5 Å². The van der Waals surface area contributed by atoms with Crippen LogP contribution < -0.4 is 5.32 Å². The quantitative estimate of drug-likeness (QED) is 0.568. The number of anilines is 1. The molecule has 2 aromatic rings. The van der Waals surface area contributed by atoms with E-state index < -0.39 is 6.03 Å². The van der Waals surface area contributed by atoms with E-state index in [1.54, 1.807) is 6.07 Å². The lowest BCUT2D eigenvalue weighted by atomic mass is 10.1. The third-order valence-electron chi connectivity index (χ3n) is 2.33. The summed E-state index contributed by atoms with van der Waals surface area (Å²) in [6, 6.07) is 12.8. The number of amides is 2. The molecule has 0 unspecified atom stereocenters. The van der Waals surface area contributed by atoms with Crippen molar-refractivity contribution in [1.29, 1.82) is 0 Å². The van der Waals surface area contributed by atoms with Gasteiger partial charge in [-0.2, -0.15) is 0 Å². The Balaban J connectivity index is 2.41. The molecule has 0 heterocycles. The smallest absolute Gasteiger partial charge is 0.305 e. The maximum Gasteiger partial charge on any atom is 0.345 e. The molecule has 4 nitrogen and oxygen atoms in total. The third-order valence-corrected chi connectivity index (χ3v) is 2.33. The van der Waals surface area contributed by atoms with Crippen LogP contribution in [0.15, 0.2) is 42.5 Å². The number of urea groups is 1. The Morgan fingerprint density at radius 3 is 2.62 bits per heavy atom. The molecule has 2 aromatic carbocycles. The largest absolute Gasteiger partial charge is 0.345 e. The van der Waals surface area contributed by atoms with Crippen molar-refractivity contribution < 1.29 is 10.0 Å². The fourth-order valence-electron chi connectivity index (χ4n) is 1.53. The lowest BCUT2D eigenvalue weighted by Crippen LogP contribution is -2.27. The van der Waals surface area contributed by atoms with E-state index in [1.807, 2.05) is 36.4 Å². The number of hydrogen-bond acceptors (Lipinski definition) is 2. The SMILES string of the molecule is CN(O)C(=O)Nc1cccc2ccccc12. The summed E-state index contributed by atoms with van der Waals surface area (Å²) in [6.07, 6.45) is 0. The van der Waals surface area contributed by atoms with Gasteiger partial charge in [-0.1, -0.05) is 36.4 Å². The summed E-state index contributed by atoms with van der Waals surface area (Å²) < 4.78 is 0. The van der Waals surface area contributed by atoms with E-state index in [4.69, 9.17) is 5.21 Å². The van der Waals surface area contributed by atoms with Crippen molar-refractivity contribution in [2.75, 3.05) is 12.4 Å². The highest BCUT2D eigenvalue weighted by atomic mass is 16.5. The first-order valence-electron chi connectivity index (χ1n) is 4.90. The van der Waals surface area contributed by atoms with Crippen molar-refractivity contribution in [3.8, 4) is 0 Å². The first kappa shape index (κ1) is 10.4. The van der Waals surface area contributed by atoms with Gasteiger partial charge in [-0.15, -0.1) is 0 Å². The van der Waals surface area contributed by atoms with E-state index in [0.717, 1.165) is 10.8 Å². The van der Waals surface area contributed by atoms with Crippen LogP contribution in [0.4, 0.5) is 10.5 Å². The predicted molar refractivity (Wildman–Crippen MR) is 62.5 cm³/mol. The van der Waals surface area contributed by atoms with E-state index in [-0.39, 0.29) is 0 Å². The van der Waals surface area contributed by atoms with Crippen molar-refractivity contribution in [1.82, 2.24) is 5.06 Å². The van der Waals surface area contributed by atoms with E-state index in [2.05, 4.69) is 5.32 Å². The van der Waals surface area contributed by atoms with Crippen LogP contribution >= 0.6 is 0 Å². The summed E-state index contributed by atoms with van der Waals surface area (Å²) in [6.45, 7) is 0. The molecule has 0 aliphatic rings. The standard InChI is InChI=1S/C12H12N2O2/c1-14(16)12(15)13-11-8-4-6-9-5-2-3-7-10(9)11/h2-8,16H,1H3,(H,13,15). The number of nitrogens with zero attached hydrogens (tertiary/aromatic N) is 1. The summed E-state index contributed by atoms with van der Waals surface area (Å²) in [5, 5.41) is 14.1. The maximum atomic E-state index is 11.3. The first-order chi connectivity index (χ1) is 7.68. The summed E-state index contributed by atoms with van der Waals surface area (Å²) in [4.78, 5) is 11.3. The van der Waals surface area contributed by atoms with Crippen LogP contribution in [-0.4, -0.2) is 23.3 Å². The van der Waals surface area contributed by atoms with E-state index in [9.17, 15) is 4.79 Å². The fraction of sp³-hybridized carbons (Fsp3) is 0.0833. The Hall–Kier alpha value is -2.07. The van der Waals surface area contributed by atoms with Gasteiger partial charge >= 0.3 is 6.03 Å². The monoisotopic (exact) mass is 216 g/mol. The van der Waals surface area contributed by atoms with Crippen LogP contribution in [0.1, 0.15) is 0 Å². The van der Waals surface area contributed by atoms with Gasteiger partial charge < -0.3 is 5.32 Å². The molecule has 0 spiro atoms. The second kappa shape index (κ2) is 4.20. The second-order valence-electron chi connectivity index (χ2n) is 3.48. The molecular formula is C12H12N2O2. The Kier molecular flexibility index (Phi) is 2.74. The molecule has 0 radical (unpaired) electrons. The van der Waals surface area contributed by atoms with Gasteiger partial charge in [0.05, 0.1) is 5.69 Å². The average Bonchev–Trinajstić information content (AvgIpc) is 2.29. The molecule has 0 aromatic heterocycles. The second-order valence-corrected chi connectivity index (χ2v) is 3.48. The maximum absolute atomic E-state index is 11.3. The molecule has 2 N–H and O–H groups in total. The van der Waals surface area contributed by atoms with Crippen LogP contribution in [0, 0.1) is 0 Å². The number of hydrogen-bond donors (Lipinski definition) is 2. The number of fused-ring (bicyclic) bond motifs is 1. The molecule has 2 rings (SSSR count). The number of carbonyl (C=O) groups is 1. The molecule has 0 fully saturated rings. The van der Waals surface area contributed by atoms with Crippen LogP contribution in [-0.2, 0) is 0 Å². The Bertz CT molecular complexity index is 518. The zero-order chi connectivity index (χ0) is 11.5. The fourth-order valence-corrected chi connectivity index (χ4v) is 1.53. The molecule has 16 heavy (non-hydrogen) atoms. The minimum Gasteiger partial charge on any atom is -0.305 e. The van der Waals surface area contributed by atoms with Crippen molar-refractivity contribution in [3.05, 3.63) is 42.5 Å². The predicted octanol–water partition coefficient (Wildman–Crippen LogP) is 2.69. The lowest BCUT2D eigenvalue weighted by molar-refractivity contribution is -0.0118. The van der Waals surface area contributed by atoms with Gasteiger partial charge in [0.25, 0.3) is 0 Å². The van der Waals surface area contributed by atoms with Crippen molar-refractivity contribution in [3.63, 3.8) is 0 Å². The van der Waals surface area contributed by atoms with Crippen molar-refractivity contribution in [2.24, 2.45) is 0 Å². The van der Waals surface area contributed by atoms with Crippen LogP contribution in [0.2, 0.25) is 0 Å². The Morgan fingerprint density at radius 2 is 1.88 bits per heavy atom. The minimum absolute atomic E-state index is 0.516. The van der Waals surface area contributed by atoms with Gasteiger partial charge in [0.15, 0.2) is 0 Å². The normalized spacial score (nSPS) is 10.1. The number of rotatable bonds is 1.